The summed E-state index contributed by atoms with van der Waals surface area (Å²) in [6, 6.07) is 8.74. The van der Waals surface area contributed by atoms with Crippen molar-refractivity contribution in [3.63, 3.8) is 0 Å². The first-order valence-electron chi connectivity index (χ1n) is 8.44. The minimum Gasteiger partial charge on any atom is -0.494 e. The van der Waals surface area contributed by atoms with Gasteiger partial charge in [-0.1, -0.05) is 45.4 Å². The minimum absolute atomic E-state index is 0.328. The lowest BCUT2D eigenvalue weighted by Gasteiger charge is -2.28. The number of unbranched alkanes of at least 4 members (excludes halogenated alkanes) is 1. The number of para-hydroxylation sites is 1. The zero-order chi connectivity index (χ0) is 15.5. The Hall–Kier alpha value is -1.06. The van der Waals surface area contributed by atoms with Crippen molar-refractivity contribution < 1.29 is 4.74 Å². The van der Waals surface area contributed by atoms with Gasteiger partial charge in [0, 0.05) is 18.2 Å². The second kappa shape index (κ2) is 10.6. The molecule has 3 heteroatoms. The number of likely N-dealkylation sites (N-methyl/N-ethyl adjacent to an activating group) is 2. The third-order valence-electron chi connectivity index (χ3n) is 3.76. The molecule has 3 nitrogen and oxygen atoms in total. The molecule has 120 valence electrons. The van der Waals surface area contributed by atoms with Crippen LogP contribution < -0.4 is 10.1 Å². The predicted octanol–water partition coefficient (Wildman–Crippen LogP) is 3.86. The van der Waals surface area contributed by atoms with Crippen LogP contribution in [0.2, 0.25) is 0 Å². The molecular formula is C18H32N2O. The van der Waals surface area contributed by atoms with Gasteiger partial charge in [-0.25, -0.2) is 0 Å². The molecule has 0 saturated heterocycles. The molecule has 0 heterocycles. The van der Waals surface area contributed by atoms with E-state index in [1.165, 1.54) is 24.9 Å². The van der Waals surface area contributed by atoms with Gasteiger partial charge >= 0.3 is 0 Å². The van der Waals surface area contributed by atoms with E-state index in [0.29, 0.717) is 12.6 Å². The van der Waals surface area contributed by atoms with Gasteiger partial charge in [-0.3, -0.25) is 0 Å². The Morgan fingerprint density at radius 3 is 2.52 bits per heavy atom. The van der Waals surface area contributed by atoms with Crippen molar-refractivity contribution in [2.75, 3.05) is 32.8 Å². The van der Waals surface area contributed by atoms with E-state index in [1.807, 2.05) is 13.0 Å². The molecule has 1 N–H and O–H groups in total. The van der Waals surface area contributed by atoms with Crippen molar-refractivity contribution in [3.05, 3.63) is 29.8 Å². The Morgan fingerprint density at radius 2 is 1.90 bits per heavy atom. The number of ether oxygens (including phenoxy) is 1. The largest absolute Gasteiger partial charge is 0.494 e. The number of benzene rings is 1. The molecule has 1 unspecified atom stereocenters. The highest BCUT2D eigenvalue weighted by molar-refractivity contribution is 5.36. The van der Waals surface area contributed by atoms with Crippen LogP contribution in [0.1, 0.15) is 52.1 Å². The van der Waals surface area contributed by atoms with Crippen LogP contribution in [0.5, 0.6) is 5.75 Å². The van der Waals surface area contributed by atoms with E-state index in [0.717, 1.165) is 25.4 Å². The normalized spacial score (nSPS) is 12.6. The summed E-state index contributed by atoms with van der Waals surface area (Å²) in [5.41, 5.74) is 1.27. The van der Waals surface area contributed by atoms with Crippen LogP contribution in [0.4, 0.5) is 0 Å². The van der Waals surface area contributed by atoms with Gasteiger partial charge in [0.25, 0.3) is 0 Å². The molecule has 1 rings (SSSR count). The van der Waals surface area contributed by atoms with E-state index < -0.39 is 0 Å². The summed E-state index contributed by atoms with van der Waals surface area (Å²) in [7, 11) is 0. The quantitative estimate of drug-likeness (QED) is 0.670. The highest BCUT2D eigenvalue weighted by atomic mass is 16.5. The van der Waals surface area contributed by atoms with Crippen LogP contribution in [0.15, 0.2) is 24.3 Å². The molecule has 0 fully saturated rings. The van der Waals surface area contributed by atoms with Crippen LogP contribution in [0.3, 0.4) is 0 Å². The molecule has 0 aliphatic carbocycles. The van der Waals surface area contributed by atoms with E-state index in [1.54, 1.807) is 0 Å². The summed E-state index contributed by atoms with van der Waals surface area (Å²) < 4.78 is 5.80. The van der Waals surface area contributed by atoms with Crippen LogP contribution in [-0.2, 0) is 0 Å². The van der Waals surface area contributed by atoms with Crippen LogP contribution in [0, 0.1) is 0 Å². The summed E-state index contributed by atoms with van der Waals surface area (Å²) in [5, 5.41) is 3.62. The average Bonchev–Trinajstić information content (AvgIpc) is 2.51. The molecule has 1 aromatic rings. The van der Waals surface area contributed by atoms with Gasteiger partial charge in [0.1, 0.15) is 5.75 Å². The molecule has 1 atom stereocenters. The van der Waals surface area contributed by atoms with Gasteiger partial charge in [-0.2, -0.15) is 0 Å². The Balaban J connectivity index is 2.84. The molecule has 0 bridgehead atoms. The summed E-state index contributed by atoms with van der Waals surface area (Å²) in [6.45, 7) is 13.7. The Kier molecular flexibility index (Phi) is 9.11. The Labute approximate surface area is 130 Å². The number of nitrogens with zero attached hydrogens (tertiary/aromatic N) is 1. The average molecular weight is 292 g/mol. The maximum atomic E-state index is 5.80. The van der Waals surface area contributed by atoms with Crippen molar-refractivity contribution >= 4 is 0 Å². The molecule has 0 saturated carbocycles. The molecule has 0 aliphatic heterocycles. The van der Waals surface area contributed by atoms with E-state index in [2.05, 4.69) is 49.2 Å². The van der Waals surface area contributed by atoms with Gasteiger partial charge in [-0.15, -0.1) is 0 Å². The lowest BCUT2D eigenvalue weighted by atomic mass is 10.0. The fraction of sp³-hybridized carbons (Fsp3) is 0.667. The van der Waals surface area contributed by atoms with E-state index in [4.69, 9.17) is 4.74 Å². The third kappa shape index (κ3) is 6.06. The first kappa shape index (κ1) is 18.0. The van der Waals surface area contributed by atoms with Crippen molar-refractivity contribution in [2.24, 2.45) is 0 Å². The Bertz CT molecular complexity index is 381. The SMILES string of the molecule is CCCCN(CC)CC(NCC)c1ccccc1OCC. The smallest absolute Gasteiger partial charge is 0.124 e. The van der Waals surface area contributed by atoms with Crippen molar-refractivity contribution in [3.8, 4) is 5.75 Å². The number of nitrogens with one attached hydrogen (secondary N) is 1. The number of rotatable bonds is 11. The summed E-state index contributed by atoms with van der Waals surface area (Å²) in [4.78, 5) is 2.53. The lowest BCUT2D eigenvalue weighted by molar-refractivity contribution is 0.247. The molecule has 0 aliphatic rings. The first-order valence-corrected chi connectivity index (χ1v) is 8.44. The van der Waals surface area contributed by atoms with Gasteiger partial charge in [0.15, 0.2) is 0 Å². The summed E-state index contributed by atoms with van der Waals surface area (Å²) in [6.07, 6.45) is 2.51. The first-order chi connectivity index (χ1) is 10.3. The maximum Gasteiger partial charge on any atom is 0.124 e. The summed E-state index contributed by atoms with van der Waals surface area (Å²) in [5.74, 6) is 1.01. The zero-order valence-corrected chi connectivity index (χ0v) is 14.2. The highest BCUT2D eigenvalue weighted by Gasteiger charge is 2.17. The van der Waals surface area contributed by atoms with Gasteiger partial charge in [0.2, 0.25) is 0 Å². The van der Waals surface area contributed by atoms with E-state index in [-0.39, 0.29) is 0 Å². The van der Waals surface area contributed by atoms with Gasteiger partial charge in [0.05, 0.1) is 6.61 Å². The molecule has 21 heavy (non-hydrogen) atoms. The number of hydrogen-bond acceptors (Lipinski definition) is 3. The molecule has 0 amide bonds. The maximum absolute atomic E-state index is 5.80. The van der Waals surface area contributed by atoms with E-state index in [9.17, 15) is 0 Å². The monoisotopic (exact) mass is 292 g/mol. The van der Waals surface area contributed by atoms with Gasteiger partial charge < -0.3 is 15.0 Å². The lowest BCUT2D eigenvalue weighted by Crippen LogP contribution is -2.36. The highest BCUT2D eigenvalue weighted by Crippen LogP contribution is 2.26. The predicted molar refractivity (Wildman–Crippen MR) is 91.1 cm³/mol. The van der Waals surface area contributed by atoms with E-state index >= 15 is 0 Å². The summed E-state index contributed by atoms with van der Waals surface area (Å²) >= 11 is 0. The zero-order valence-electron chi connectivity index (χ0n) is 14.2. The van der Waals surface area contributed by atoms with Crippen LogP contribution in [0.25, 0.3) is 0 Å². The van der Waals surface area contributed by atoms with Crippen LogP contribution >= 0.6 is 0 Å². The second-order valence-electron chi connectivity index (χ2n) is 5.33. The molecular weight excluding hydrogens is 260 g/mol. The number of hydrogen-bond donors (Lipinski definition) is 1. The molecule has 0 spiro atoms. The molecule has 0 aromatic heterocycles. The topological polar surface area (TPSA) is 24.5 Å². The second-order valence-corrected chi connectivity index (χ2v) is 5.33. The fourth-order valence-electron chi connectivity index (χ4n) is 2.59. The van der Waals surface area contributed by atoms with Crippen LogP contribution in [-0.4, -0.2) is 37.7 Å². The van der Waals surface area contributed by atoms with Crippen molar-refractivity contribution in [1.82, 2.24) is 10.2 Å². The third-order valence-corrected chi connectivity index (χ3v) is 3.76. The fourth-order valence-corrected chi connectivity index (χ4v) is 2.59. The minimum atomic E-state index is 0.328. The van der Waals surface area contributed by atoms with Gasteiger partial charge in [-0.05, 0) is 39.0 Å². The molecule has 0 radical (unpaired) electrons. The van der Waals surface area contributed by atoms with Crippen molar-refractivity contribution in [2.45, 2.75) is 46.6 Å². The standard InChI is InChI=1S/C18H32N2O/c1-5-9-14-20(7-3)15-17(19-6-2)16-12-10-11-13-18(16)21-8-4/h10-13,17,19H,5-9,14-15H2,1-4H3. The van der Waals surface area contributed by atoms with Crippen molar-refractivity contribution in [1.29, 1.82) is 0 Å². The Morgan fingerprint density at radius 1 is 1.14 bits per heavy atom. The molecule has 1 aromatic carbocycles.